The second kappa shape index (κ2) is 7.56. The number of nitrogens with one attached hydrogen (secondary N) is 1. The Morgan fingerprint density at radius 1 is 1.50 bits per heavy atom. The van der Waals surface area contributed by atoms with E-state index in [4.69, 9.17) is 11.6 Å². The normalized spacial score (nSPS) is 14.4. The van der Waals surface area contributed by atoms with Crippen molar-refractivity contribution >= 4 is 17.8 Å². The maximum Gasteiger partial charge on any atom is 0.0706 e. The maximum atomic E-state index is 5.96. The summed E-state index contributed by atoms with van der Waals surface area (Å²) in [6, 6.07) is 0. The summed E-state index contributed by atoms with van der Waals surface area (Å²) in [5.41, 5.74) is 0. The molecule has 0 amide bonds. The van der Waals surface area contributed by atoms with E-state index in [0.717, 1.165) is 19.6 Å². The van der Waals surface area contributed by atoms with Crippen LogP contribution in [0.2, 0.25) is 0 Å². The highest BCUT2D eigenvalue weighted by Crippen LogP contribution is 2.05. The zero-order valence-corrected chi connectivity index (χ0v) is 8.93. The van der Waals surface area contributed by atoms with Gasteiger partial charge in [0.1, 0.15) is 0 Å². The second-order valence-corrected chi connectivity index (χ2v) is 3.60. The number of rotatable bonds is 6. The van der Waals surface area contributed by atoms with Gasteiger partial charge >= 0.3 is 0 Å². The Labute approximate surface area is 80.4 Å². The topological polar surface area (TPSA) is 24.4 Å². The highest BCUT2D eigenvalue weighted by atomic mass is 35.5. The fraction of sp³-hybridized carbons (Fsp3) is 0.889. The molecule has 72 valence electrons. The molecule has 0 aliphatic carbocycles. The van der Waals surface area contributed by atoms with Crippen molar-refractivity contribution in [3.05, 3.63) is 0 Å². The van der Waals surface area contributed by atoms with Crippen molar-refractivity contribution in [1.29, 1.82) is 0 Å². The first-order valence-corrected chi connectivity index (χ1v) is 4.96. The first-order chi connectivity index (χ1) is 5.68. The summed E-state index contributed by atoms with van der Waals surface area (Å²) in [6.07, 6.45) is 1.84. The van der Waals surface area contributed by atoms with E-state index in [-0.39, 0.29) is 5.38 Å². The van der Waals surface area contributed by atoms with Crippen molar-refractivity contribution in [3.63, 3.8) is 0 Å². The Kier molecular flexibility index (Phi) is 7.51. The third kappa shape index (κ3) is 6.62. The van der Waals surface area contributed by atoms with Crippen LogP contribution in [0.5, 0.6) is 0 Å². The smallest absolute Gasteiger partial charge is 0.0706 e. The minimum Gasteiger partial charge on any atom is -0.315 e. The number of hydrogen-bond acceptors (Lipinski definition) is 2. The highest BCUT2D eigenvalue weighted by Gasteiger charge is 2.04. The van der Waals surface area contributed by atoms with Gasteiger partial charge in [0.2, 0.25) is 0 Å². The van der Waals surface area contributed by atoms with Crippen LogP contribution in [0.25, 0.3) is 0 Å². The van der Waals surface area contributed by atoms with Crippen molar-refractivity contribution in [2.75, 3.05) is 19.6 Å². The predicted molar refractivity (Wildman–Crippen MR) is 56.4 cm³/mol. The van der Waals surface area contributed by atoms with E-state index in [1.807, 2.05) is 6.21 Å². The standard InChI is InChI=1S/C9H19ClN2/c1-4-11-5-6-12-7-9(10)8(2)3/h7-9,11H,4-6H2,1-3H3. The molecule has 0 bridgehead atoms. The summed E-state index contributed by atoms with van der Waals surface area (Å²) < 4.78 is 0. The van der Waals surface area contributed by atoms with Crippen molar-refractivity contribution in [2.24, 2.45) is 10.9 Å². The summed E-state index contributed by atoms with van der Waals surface area (Å²) in [5, 5.41) is 3.27. The molecule has 0 fully saturated rings. The van der Waals surface area contributed by atoms with Crippen molar-refractivity contribution in [2.45, 2.75) is 26.1 Å². The zero-order valence-electron chi connectivity index (χ0n) is 8.18. The summed E-state index contributed by atoms with van der Waals surface area (Å²) in [5.74, 6) is 0.467. The van der Waals surface area contributed by atoms with E-state index >= 15 is 0 Å². The van der Waals surface area contributed by atoms with Crippen LogP contribution in [-0.4, -0.2) is 31.2 Å². The lowest BCUT2D eigenvalue weighted by Crippen LogP contribution is -2.17. The molecular weight excluding hydrogens is 172 g/mol. The number of nitrogens with zero attached hydrogens (tertiary/aromatic N) is 1. The van der Waals surface area contributed by atoms with Gasteiger partial charge in [-0.05, 0) is 12.5 Å². The van der Waals surface area contributed by atoms with Crippen LogP contribution in [0.3, 0.4) is 0 Å². The van der Waals surface area contributed by atoms with E-state index in [2.05, 4.69) is 31.1 Å². The first kappa shape index (κ1) is 11.9. The average molecular weight is 191 g/mol. The van der Waals surface area contributed by atoms with E-state index in [9.17, 15) is 0 Å². The molecule has 0 saturated heterocycles. The van der Waals surface area contributed by atoms with Gasteiger partial charge in [-0.2, -0.15) is 0 Å². The van der Waals surface area contributed by atoms with Crippen LogP contribution in [0.4, 0.5) is 0 Å². The Morgan fingerprint density at radius 2 is 2.17 bits per heavy atom. The van der Waals surface area contributed by atoms with E-state index in [0.29, 0.717) is 5.92 Å². The molecule has 0 heterocycles. The average Bonchev–Trinajstić information content (AvgIpc) is 2.03. The van der Waals surface area contributed by atoms with Gasteiger partial charge in [-0.1, -0.05) is 20.8 Å². The quantitative estimate of drug-likeness (QED) is 0.387. The Morgan fingerprint density at radius 3 is 2.67 bits per heavy atom. The van der Waals surface area contributed by atoms with Gasteiger partial charge in [-0.25, -0.2) is 0 Å². The molecule has 0 aliphatic heterocycles. The van der Waals surface area contributed by atoms with Gasteiger partial charge in [0, 0.05) is 12.8 Å². The van der Waals surface area contributed by atoms with Gasteiger partial charge in [-0.3, -0.25) is 4.99 Å². The summed E-state index contributed by atoms with van der Waals surface area (Å²) >= 11 is 5.96. The largest absolute Gasteiger partial charge is 0.315 e. The molecule has 0 aromatic heterocycles. The number of likely N-dealkylation sites (N-methyl/N-ethyl adjacent to an activating group) is 1. The van der Waals surface area contributed by atoms with Crippen LogP contribution < -0.4 is 5.32 Å². The third-order valence-corrected chi connectivity index (χ3v) is 2.17. The van der Waals surface area contributed by atoms with Gasteiger partial charge in [0.25, 0.3) is 0 Å². The number of hydrogen-bond donors (Lipinski definition) is 1. The van der Waals surface area contributed by atoms with E-state index in [1.165, 1.54) is 0 Å². The Bertz CT molecular complexity index is 124. The van der Waals surface area contributed by atoms with E-state index in [1.54, 1.807) is 0 Å². The second-order valence-electron chi connectivity index (χ2n) is 3.10. The molecule has 0 aromatic rings. The summed E-state index contributed by atoms with van der Waals surface area (Å²) in [7, 11) is 0. The zero-order chi connectivity index (χ0) is 9.40. The molecule has 12 heavy (non-hydrogen) atoms. The molecule has 0 spiro atoms. The van der Waals surface area contributed by atoms with Gasteiger partial charge < -0.3 is 5.32 Å². The lowest BCUT2D eigenvalue weighted by Gasteiger charge is -2.06. The van der Waals surface area contributed by atoms with Crippen LogP contribution in [0.1, 0.15) is 20.8 Å². The van der Waals surface area contributed by atoms with Crippen molar-refractivity contribution in [1.82, 2.24) is 5.32 Å². The van der Waals surface area contributed by atoms with Crippen LogP contribution in [0, 0.1) is 5.92 Å². The van der Waals surface area contributed by atoms with Crippen LogP contribution >= 0.6 is 11.6 Å². The SMILES string of the molecule is CCNCCN=CC(Cl)C(C)C. The van der Waals surface area contributed by atoms with Gasteiger partial charge in [-0.15, -0.1) is 11.6 Å². The first-order valence-electron chi connectivity index (χ1n) is 4.53. The van der Waals surface area contributed by atoms with E-state index < -0.39 is 0 Å². The van der Waals surface area contributed by atoms with Crippen LogP contribution in [-0.2, 0) is 0 Å². The molecule has 0 aromatic carbocycles. The fourth-order valence-electron chi connectivity index (χ4n) is 0.668. The summed E-state index contributed by atoms with van der Waals surface area (Å²) in [6.45, 7) is 9.03. The molecule has 0 rings (SSSR count). The lowest BCUT2D eigenvalue weighted by molar-refractivity contribution is 0.691. The van der Waals surface area contributed by atoms with Crippen LogP contribution in [0.15, 0.2) is 4.99 Å². The molecule has 1 N–H and O–H groups in total. The van der Waals surface area contributed by atoms with Gasteiger partial charge in [0.15, 0.2) is 0 Å². The van der Waals surface area contributed by atoms with Crippen molar-refractivity contribution in [3.8, 4) is 0 Å². The molecule has 1 unspecified atom stereocenters. The molecule has 0 saturated carbocycles. The minimum absolute atomic E-state index is 0.0756. The highest BCUT2D eigenvalue weighted by molar-refractivity contribution is 6.28. The lowest BCUT2D eigenvalue weighted by atomic mass is 10.1. The predicted octanol–water partition coefficient (Wildman–Crippen LogP) is 1.93. The number of alkyl halides is 1. The summed E-state index contributed by atoms with van der Waals surface area (Å²) in [4.78, 5) is 4.21. The fourth-order valence-corrected chi connectivity index (χ4v) is 0.747. The molecule has 3 heteroatoms. The maximum absolute atomic E-state index is 5.96. The minimum atomic E-state index is 0.0756. The van der Waals surface area contributed by atoms with Gasteiger partial charge in [0.05, 0.1) is 11.9 Å². The molecular formula is C9H19ClN2. The molecule has 0 aliphatic rings. The monoisotopic (exact) mass is 190 g/mol. The molecule has 0 radical (unpaired) electrons. The van der Waals surface area contributed by atoms with Crippen molar-refractivity contribution < 1.29 is 0 Å². The Balaban J connectivity index is 3.35. The third-order valence-electron chi connectivity index (χ3n) is 1.55. The molecule has 2 nitrogen and oxygen atoms in total. The molecule has 1 atom stereocenters. The number of halogens is 1. The number of aliphatic imine (C=N–C) groups is 1. The Hall–Kier alpha value is -0.0800.